The highest BCUT2D eigenvalue weighted by atomic mass is 35.5. The van der Waals surface area contributed by atoms with Gasteiger partial charge in [-0.2, -0.15) is 0 Å². The smallest absolute Gasteiger partial charge is 0.0406 e. The van der Waals surface area contributed by atoms with Crippen molar-refractivity contribution in [3.8, 4) is 0 Å². The van der Waals surface area contributed by atoms with Gasteiger partial charge in [-0.3, -0.25) is 0 Å². The number of hydrogen-bond acceptors (Lipinski definition) is 2. The van der Waals surface area contributed by atoms with Crippen LogP contribution in [0.4, 0.5) is 0 Å². The van der Waals surface area contributed by atoms with Gasteiger partial charge in [0.25, 0.3) is 0 Å². The van der Waals surface area contributed by atoms with Gasteiger partial charge in [0, 0.05) is 22.2 Å². The maximum absolute atomic E-state index is 5.81. The van der Waals surface area contributed by atoms with Crippen molar-refractivity contribution in [2.24, 2.45) is 5.92 Å². The fourth-order valence-electron chi connectivity index (χ4n) is 1.16. The zero-order chi connectivity index (χ0) is 11.1. The maximum atomic E-state index is 5.81. The molecular weight excluding hydrogens is 226 g/mol. The third-order valence-electron chi connectivity index (χ3n) is 1.91. The first kappa shape index (κ1) is 12.9. The Morgan fingerprint density at radius 3 is 2.53 bits per heavy atom. The third-order valence-corrected chi connectivity index (χ3v) is 3.18. The number of rotatable bonds is 6. The summed E-state index contributed by atoms with van der Waals surface area (Å²) in [6, 6.07) is 8.00. The van der Waals surface area contributed by atoms with Gasteiger partial charge in [0.15, 0.2) is 0 Å². The van der Waals surface area contributed by atoms with Crippen molar-refractivity contribution in [1.29, 1.82) is 0 Å². The van der Waals surface area contributed by atoms with Crippen LogP contribution in [-0.2, 0) is 0 Å². The van der Waals surface area contributed by atoms with Crippen LogP contribution in [0.3, 0.4) is 0 Å². The van der Waals surface area contributed by atoms with Crippen molar-refractivity contribution in [2.45, 2.75) is 18.7 Å². The van der Waals surface area contributed by atoms with Crippen LogP contribution in [0.25, 0.3) is 0 Å². The number of nitrogens with one attached hydrogen (secondary N) is 1. The summed E-state index contributed by atoms with van der Waals surface area (Å²) < 4.78 is 0. The molecule has 0 unspecified atom stereocenters. The van der Waals surface area contributed by atoms with Crippen molar-refractivity contribution in [3.05, 3.63) is 29.3 Å². The normalized spacial score (nSPS) is 10.9. The molecule has 0 fully saturated rings. The standard InChI is InChI=1S/C12H18ClNS/c1-10(2)9-14-7-8-15-12-5-3-11(13)4-6-12/h3-6,10,14H,7-9H2,1-2H3. The summed E-state index contributed by atoms with van der Waals surface area (Å²) in [5.41, 5.74) is 0. The fourth-order valence-corrected chi connectivity index (χ4v) is 2.10. The Hall–Kier alpha value is -0.180. The van der Waals surface area contributed by atoms with E-state index in [2.05, 4.69) is 31.3 Å². The van der Waals surface area contributed by atoms with Crippen LogP contribution in [-0.4, -0.2) is 18.8 Å². The van der Waals surface area contributed by atoms with Crippen molar-refractivity contribution < 1.29 is 0 Å². The summed E-state index contributed by atoms with van der Waals surface area (Å²) in [5, 5.41) is 4.22. The van der Waals surface area contributed by atoms with Gasteiger partial charge < -0.3 is 5.32 Å². The van der Waals surface area contributed by atoms with E-state index in [1.807, 2.05) is 23.9 Å². The molecule has 0 heterocycles. The lowest BCUT2D eigenvalue weighted by Crippen LogP contribution is -2.21. The van der Waals surface area contributed by atoms with Crippen molar-refractivity contribution >= 4 is 23.4 Å². The molecule has 0 saturated heterocycles. The maximum Gasteiger partial charge on any atom is 0.0406 e. The Balaban J connectivity index is 2.12. The van der Waals surface area contributed by atoms with E-state index in [4.69, 9.17) is 11.6 Å². The first-order valence-electron chi connectivity index (χ1n) is 5.27. The molecule has 84 valence electrons. The second kappa shape index (κ2) is 7.15. The second-order valence-corrected chi connectivity index (χ2v) is 5.51. The monoisotopic (exact) mass is 243 g/mol. The second-order valence-electron chi connectivity index (χ2n) is 3.90. The van der Waals surface area contributed by atoms with Crippen molar-refractivity contribution in [2.75, 3.05) is 18.8 Å². The molecule has 0 atom stereocenters. The van der Waals surface area contributed by atoms with Crippen LogP contribution in [0.15, 0.2) is 29.2 Å². The Labute approximate surface area is 102 Å². The minimum absolute atomic E-state index is 0.727. The zero-order valence-corrected chi connectivity index (χ0v) is 10.9. The van der Waals surface area contributed by atoms with Gasteiger partial charge in [0.2, 0.25) is 0 Å². The van der Waals surface area contributed by atoms with E-state index >= 15 is 0 Å². The summed E-state index contributed by atoms with van der Waals surface area (Å²) in [4.78, 5) is 1.28. The summed E-state index contributed by atoms with van der Waals surface area (Å²) in [5.74, 6) is 1.83. The van der Waals surface area contributed by atoms with Crippen LogP contribution in [0, 0.1) is 5.92 Å². The molecule has 0 aliphatic carbocycles. The van der Waals surface area contributed by atoms with E-state index in [-0.39, 0.29) is 0 Å². The summed E-state index contributed by atoms with van der Waals surface area (Å²) in [6.45, 7) is 6.60. The van der Waals surface area contributed by atoms with Crippen LogP contribution in [0.2, 0.25) is 5.02 Å². The largest absolute Gasteiger partial charge is 0.316 e. The molecule has 3 heteroatoms. The molecule has 0 spiro atoms. The summed E-state index contributed by atoms with van der Waals surface area (Å²) in [6.07, 6.45) is 0. The molecule has 0 bridgehead atoms. The zero-order valence-electron chi connectivity index (χ0n) is 9.29. The predicted octanol–water partition coefficient (Wildman–Crippen LogP) is 3.68. The molecule has 0 aromatic heterocycles. The van der Waals surface area contributed by atoms with Crippen LogP contribution in [0.5, 0.6) is 0 Å². The molecular formula is C12H18ClNS. The highest BCUT2D eigenvalue weighted by molar-refractivity contribution is 7.99. The van der Waals surface area contributed by atoms with E-state index in [9.17, 15) is 0 Å². The van der Waals surface area contributed by atoms with Gasteiger partial charge in [-0.15, -0.1) is 11.8 Å². The Morgan fingerprint density at radius 2 is 1.93 bits per heavy atom. The number of hydrogen-bond donors (Lipinski definition) is 1. The van der Waals surface area contributed by atoms with E-state index in [0.29, 0.717) is 0 Å². The molecule has 0 aliphatic heterocycles. The van der Waals surface area contributed by atoms with Crippen LogP contribution in [0.1, 0.15) is 13.8 Å². The third kappa shape index (κ3) is 6.08. The molecule has 1 aromatic carbocycles. The Bertz CT molecular complexity index is 271. The van der Waals surface area contributed by atoms with Crippen molar-refractivity contribution in [3.63, 3.8) is 0 Å². The fraction of sp³-hybridized carbons (Fsp3) is 0.500. The molecule has 1 aromatic rings. The van der Waals surface area contributed by atoms with Crippen LogP contribution >= 0.6 is 23.4 Å². The molecule has 0 aliphatic rings. The molecule has 1 rings (SSSR count). The Kier molecular flexibility index (Phi) is 6.15. The number of benzene rings is 1. The number of thioether (sulfide) groups is 1. The van der Waals surface area contributed by atoms with Crippen LogP contribution < -0.4 is 5.32 Å². The number of halogens is 1. The van der Waals surface area contributed by atoms with Crippen molar-refractivity contribution in [1.82, 2.24) is 5.32 Å². The predicted molar refractivity (Wildman–Crippen MR) is 69.9 cm³/mol. The lowest BCUT2D eigenvalue weighted by atomic mass is 10.2. The van der Waals surface area contributed by atoms with Gasteiger partial charge in [0.1, 0.15) is 0 Å². The quantitative estimate of drug-likeness (QED) is 0.604. The van der Waals surface area contributed by atoms with E-state index in [1.165, 1.54) is 4.90 Å². The molecule has 0 amide bonds. The minimum atomic E-state index is 0.727. The average Bonchev–Trinajstić information content (AvgIpc) is 2.20. The molecule has 1 nitrogen and oxygen atoms in total. The molecule has 1 N–H and O–H groups in total. The first-order chi connectivity index (χ1) is 7.18. The lowest BCUT2D eigenvalue weighted by molar-refractivity contribution is 0.568. The molecule has 0 saturated carbocycles. The molecule has 15 heavy (non-hydrogen) atoms. The lowest BCUT2D eigenvalue weighted by Gasteiger charge is -2.06. The highest BCUT2D eigenvalue weighted by Crippen LogP contribution is 2.19. The summed E-state index contributed by atoms with van der Waals surface area (Å²) >= 11 is 7.67. The van der Waals surface area contributed by atoms with Gasteiger partial charge >= 0.3 is 0 Å². The van der Waals surface area contributed by atoms with E-state index < -0.39 is 0 Å². The highest BCUT2D eigenvalue weighted by Gasteiger charge is 1.95. The van der Waals surface area contributed by atoms with Gasteiger partial charge in [-0.1, -0.05) is 25.4 Å². The van der Waals surface area contributed by atoms with Gasteiger partial charge in [-0.05, 0) is 36.7 Å². The SMILES string of the molecule is CC(C)CNCCSc1ccc(Cl)cc1. The topological polar surface area (TPSA) is 12.0 Å². The Morgan fingerprint density at radius 1 is 1.27 bits per heavy atom. The first-order valence-corrected chi connectivity index (χ1v) is 6.64. The van der Waals surface area contributed by atoms with E-state index in [1.54, 1.807) is 0 Å². The minimum Gasteiger partial charge on any atom is -0.316 e. The van der Waals surface area contributed by atoms with Gasteiger partial charge in [0.05, 0.1) is 0 Å². The molecule has 0 radical (unpaired) electrons. The average molecular weight is 244 g/mol. The van der Waals surface area contributed by atoms with E-state index in [0.717, 1.165) is 29.8 Å². The van der Waals surface area contributed by atoms with Gasteiger partial charge in [-0.25, -0.2) is 0 Å². The summed E-state index contributed by atoms with van der Waals surface area (Å²) in [7, 11) is 0.